The number of hydrogen-bond donors (Lipinski definition) is 4. The third-order valence-electron chi connectivity index (χ3n) is 4.27. The normalized spacial score (nSPS) is 12.1. The molecule has 0 fully saturated rings. The van der Waals surface area contributed by atoms with E-state index in [1.54, 1.807) is 11.0 Å². The van der Waals surface area contributed by atoms with E-state index in [1.807, 2.05) is 0 Å². The number of benzene rings is 1. The Hall–Kier alpha value is -2.71. The molecule has 2 aromatic rings. The van der Waals surface area contributed by atoms with Crippen molar-refractivity contribution in [3.05, 3.63) is 18.2 Å². The van der Waals surface area contributed by atoms with Gasteiger partial charge in [0.05, 0.1) is 22.9 Å². The van der Waals surface area contributed by atoms with E-state index in [4.69, 9.17) is 14.2 Å². The minimum atomic E-state index is -4.20. The van der Waals surface area contributed by atoms with Gasteiger partial charge >= 0.3 is 5.97 Å². The highest BCUT2D eigenvalue weighted by atomic mass is 32.2. The van der Waals surface area contributed by atoms with Crippen LogP contribution in [0.25, 0.3) is 0 Å². The van der Waals surface area contributed by atoms with Crippen LogP contribution in [0.2, 0.25) is 0 Å². The molecule has 0 saturated carbocycles. The first-order valence-electron chi connectivity index (χ1n) is 10.4. The first kappa shape index (κ1) is 30.5. The first-order chi connectivity index (χ1) is 17.2. The number of aliphatic carboxylic acids is 1. The number of carbonyl (C=O) groups excluding carboxylic acids is 1. The Morgan fingerprint density at radius 1 is 1.05 bits per heavy atom. The van der Waals surface area contributed by atoms with Crippen molar-refractivity contribution in [1.82, 2.24) is 10.2 Å². The zero-order valence-electron chi connectivity index (χ0n) is 19.3. The Balaban J connectivity index is 2.27. The standard InChI is InChI=1S/C18H24N6O9S4/c1-12(25)19-15-10-13(24(6-2-8-36(28,29)30)7-3-9-37(31,32)33)4-5-14(15)20-21-17-22-23-18(35-17)34-11-16(26)27/h4-5,10H,2-3,6-9,11H2,1H3,(H,19,25)(H,26,27)(H,28,29,30)(H,31,32,33). The van der Waals surface area contributed by atoms with Gasteiger partial charge in [-0.15, -0.1) is 20.4 Å². The highest BCUT2D eigenvalue weighted by Gasteiger charge is 2.15. The second kappa shape index (κ2) is 13.7. The fourth-order valence-corrected chi connectivity index (χ4v) is 5.24. The molecule has 1 amide bonds. The molecule has 19 heteroatoms. The van der Waals surface area contributed by atoms with E-state index in [1.165, 1.54) is 19.1 Å². The van der Waals surface area contributed by atoms with Crippen molar-refractivity contribution in [2.24, 2.45) is 10.2 Å². The Bertz CT molecular complexity index is 1310. The van der Waals surface area contributed by atoms with Crippen LogP contribution < -0.4 is 10.2 Å². The monoisotopic (exact) mass is 596 g/mol. The molecule has 0 saturated heterocycles. The number of aromatic nitrogens is 2. The SMILES string of the molecule is CC(=O)Nc1cc(N(CCCS(=O)(=O)O)CCCS(=O)(=O)O)ccc1N=Nc1nnc(SCC(=O)O)s1. The molecule has 0 aliphatic rings. The minimum Gasteiger partial charge on any atom is -0.481 e. The van der Waals surface area contributed by atoms with Crippen LogP contribution in [0.15, 0.2) is 32.8 Å². The van der Waals surface area contributed by atoms with Gasteiger partial charge in [0.15, 0.2) is 4.34 Å². The third kappa shape index (κ3) is 12.4. The fourth-order valence-electron chi connectivity index (χ4n) is 2.86. The number of carbonyl (C=O) groups is 2. The summed E-state index contributed by atoms with van der Waals surface area (Å²) in [6.07, 6.45) is 0.0574. The summed E-state index contributed by atoms with van der Waals surface area (Å²) in [7, 11) is -8.41. The van der Waals surface area contributed by atoms with Crippen LogP contribution in [0, 0.1) is 0 Å². The number of amides is 1. The second-order valence-corrected chi connectivity index (χ2v) is 12.7. The molecular weight excluding hydrogens is 572 g/mol. The van der Waals surface area contributed by atoms with Crippen molar-refractivity contribution in [3.63, 3.8) is 0 Å². The van der Waals surface area contributed by atoms with Crippen molar-refractivity contribution in [2.45, 2.75) is 24.1 Å². The summed E-state index contributed by atoms with van der Waals surface area (Å²) in [5.74, 6) is -2.64. The summed E-state index contributed by atoms with van der Waals surface area (Å²) < 4.78 is 62.8. The molecule has 0 aliphatic heterocycles. The summed E-state index contributed by atoms with van der Waals surface area (Å²) in [5.41, 5.74) is 0.967. The van der Waals surface area contributed by atoms with Gasteiger partial charge in [0.1, 0.15) is 5.69 Å². The number of hydrogen-bond acceptors (Lipinski definition) is 13. The minimum absolute atomic E-state index is 0.0287. The van der Waals surface area contributed by atoms with Gasteiger partial charge in [-0.1, -0.05) is 23.1 Å². The molecule has 0 radical (unpaired) electrons. The van der Waals surface area contributed by atoms with Crippen molar-refractivity contribution in [1.29, 1.82) is 0 Å². The van der Waals surface area contributed by atoms with Crippen LogP contribution in [0.4, 0.5) is 22.2 Å². The summed E-state index contributed by atoms with van der Waals surface area (Å²) in [6.45, 7) is 1.51. The molecule has 0 aliphatic carbocycles. The Morgan fingerprint density at radius 2 is 1.68 bits per heavy atom. The molecule has 15 nitrogen and oxygen atoms in total. The molecule has 204 valence electrons. The number of nitrogens with zero attached hydrogens (tertiary/aromatic N) is 5. The molecule has 1 aromatic carbocycles. The van der Waals surface area contributed by atoms with Crippen LogP contribution in [0.3, 0.4) is 0 Å². The zero-order chi connectivity index (χ0) is 27.6. The van der Waals surface area contributed by atoms with Gasteiger partial charge < -0.3 is 15.3 Å². The van der Waals surface area contributed by atoms with Crippen molar-refractivity contribution in [3.8, 4) is 0 Å². The predicted octanol–water partition coefficient (Wildman–Crippen LogP) is 2.45. The number of anilines is 2. The molecule has 4 N–H and O–H groups in total. The van der Waals surface area contributed by atoms with Crippen LogP contribution in [0.1, 0.15) is 19.8 Å². The van der Waals surface area contributed by atoms with Gasteiger partial charge in [0.2, 0.25) is 5.91 Å². The number of thioether (sulfide) groups is 1. The van der Waals surface area contributed by atoms with Crippen molar-refractivity contribution in [2.75, 3.05) is 40.6 Å². The Morgan fingerprint density at radius 3 is 2.22 bits per heavy atom. The third-order valence-corrected chi connectivity index (χ3v) is 7.81. The van der Waals surface area contributed by atoms with E-state index in [2.05, 4.69) is 25.7 Å². The second-order valence-electron chi connectivity index (χ2n) is 7.38. The van der Waals surface area contributed by atoms with E-state index in [9.17, 15) is 26.4 Å². The topological polar surface area (TPSA) is 229 Å². The van der Waals surface area contributed by atoms with Crippen LogP contribution in [0.5, 0.6) is 0 Å². The lowest BCUT2D eigenvalue weighted by atomic mass is 10.2. The van der Waals surface area contributed by atoms with Gasteiger partial charge in [0, 0.05) is 25.7 Å². The van der Waals surface area contributed by atoms with Gasteiger partial charge in [-0.2, -0.15) is 16.8 Å². The summed E-state index contributed by atoms with van der Waals surface area (Å²) >= 11 is 2.00. The van der Waals surface area contributed by atoms with Crippen LogP contribution >= 0.6 is 23.1 Å². The molecule has 0 spiro atoms. The quantitative estimate of drug-likeness (QED) is 0.132. The molecule has 0 unspecified atom stereocenters. The summed E-state index contributed by atoms with van der Waals surface area (Å²) in [4.78, 5) is 24.1. The highest BCUT2D eigenvalue weighted by molar-refractivity contribution is 8.01. The van der Waals surface area contributed by atoms with E-state index >= 15 is 0 Å². The number of nitrogens with one attached hydrogen (secondary N) is 1. The van der Waals surface area contributed by atoms with Crippen molar-refractivity contribution >= 4 is 77.4 Å². The molecule has 1 heterocycles. The maximum atomic E-state index is 11.8. The average Bonchev–Trinajstić information content (AvgIpc) is 3.21. The fraction of sp³-hybridized carbons (Fsp3) is 0.444. The highest BCUT2D eigenvalue weighted by Crippen LogP contribution is 2.33. The van der Waals surface area contributed by atoms with Crippen LogP contribution in [-0.2, 0) is 29.8 Å². The van der Waals surface area contributed by atoms with Crippen LogP contribution in [-0.4, -0.2) is 83.5 Å². The summed E-state index contributed by atoms with van der Waals surface area (Å²) in [5, 5.41) is 27.2. The smallest absolute Gasteiger partial charge is 0.313 e. The first-order valence-corrected chi connectivity index (χ1v) is 15.4. The number of carboxylic acids is 1. The molecule has 0 bridgehead atoms. The zero-order valence-corrected chi connectivity index (χ0v) is 22.6. The molecule has 37 heavy (non-hydrogen) atoms. The summed E-state index contributed by atoms with van der Waals surface area (Å²) in [6, 6.07) is 4.64. The van der Waals surface area contributed by atoms with Gasteiger partial charge in [0.25, 0.3) is 25.4 Å². The number of azo groups is 1. The predicted molar refractivity (Wildman–Crippen MR) is 137 cm³/mol. The van der Waals surface area contributed by atoms with E-state index in [-0.39, 0.29) is 48.2 Å². The van der Waals surface area contributed by atoms with E-state index in [0.717, 1.165) is 23.1 Å². The maximum Gasteiger partial charge on any atom is 0.313 e. The lowest BCUT2D eigenvalue weighted by molar-refractivity contribution is -0.133. The lowest BCUT2D eigenvalue weighted by Gasteiger charge is -2.25. The number of carboxylic acid groups (broad SMARTS) is 1. The average molecular weight is 597 g/mol. The maximum absolute atomic E-state index is 11.8. The van der Waals surface area contributed by atoms with Gasteiger partial charge in [-0.25, -0.2) is 0 Å². The molecular formula is C18H24N6O9S4. The lowest BCUT2D eigenvalue weighted by Crippen LogP contribution is -2.28. The van der Waals surface area contributed by atoms with E-state index < -0.39 is 43.6 Å². The largest absolute Gasteiger partial charge is 0.481 e. The Labute approximate surface area is 220 Å². The Kier molecular flexibility index (Phi) is 11.3. The van der Waals surface area contributed by atoms with Gasteiger partial charge in [-0.05, 0) is 31.0 Å². The van der Waals surface area contributed by atoms with Gasteiger partial charge in [-0.3, -0.25) is 18.7 Å². The number of rotatable bonds is 15. The molecule has 1 aromatic heterocycles. The van der Waals surface area contributed by atoms with Crippen molar-refractivity contribution < 1.29 is 40.6 Å². The van der Waals surface area contributed by atoms with E-state index in [0.29, 0.717) is 10.0 Å². The molecule has 0 atom stereocenters. The molecule has 2 rings (SSSR count).